The van der Waals surface area contributed by atoms with E-state index >= 15 is 0 Å². The number of likely N-dealkylation sites (tertiary alicyclic amines) is 1. The largest absolute Gasteiger partial charge is 0.491 e. The first-order valence-corrected chi connectivity index (χ1v) is 12.6. The third kappa shape index (κ3) is 4.70. The summed E-state index contributed by atoms with van der Waals surface area (Å²) < 4.78 is 12.8. The average Bonchev–Trinajstić information content (AvgIpc) is 3.58. The summed E-state index contributed by atoms with van der Waals surface area (Å²) in [5.41, 5.74) is 6.65. The third-order valence-electron chi connectivity index (χ3n) is 6.89. The van der Waals surface area contributed by atoms with Crippen LogP contribution in [0.2, 0.25) is 0 Å². The molecule has 182 valence electrons. The van der Waals surface area contributed by atoms with Crippen LogP contribution >= 0.6 is 0 Å². The molecular weight excluding hydrogens is 448 g/mol. The van der Waals surface area contributed by atoms with Crippen LogP contribution in [0.1, 0.15) is 18.4 Å². The van der Waals surface area contributed by atoms with Gasteiger partial charge in [0, 0.05) is 25.1 Å². The quantitative estimate of drug-likeness (QED) is 0.261. The smallest absolute Gasteiger partial charge is 0.139 e. The van der Waals surface area contributed by atoms with Gasteiger partial charge in [0.05, 0.1) is 23.2 Å². The van der Waals surface area contributed by atoms with E-state index in [1.165, 1.54) is 42.6 Å². The van der Waals surface area contributed by atoms with Gasteiger partial charge in [-0.2, -0.15) is 0 Å². The highest BCUT2D eigenvalue weighted by atomic mass is 16.5. The standard InChI is InChI=1S/C30H30N4O2/c1-35-16-17-36-26-10-12-29-28(19-26)31-21-34(29)30-13-9-25-18-24(8-11-27(25)32-30)23-6-4-22(5-7-23)20-33-14-2-3-15-33/h4-13,18-19,21H,2-3,14-17,20H2,1H3. The molecule has 6 heteroatoms. The second-order valence-corrected chi connectivity index (χ2v) is 9.36. The molecule has 0 spiro atoms. The van der Waals surface area contributed by atoms with E-state index in [2.05, 4.69) is 64.5 Å². The van der Waals surface area contributed by atoms with E-state index < -0.39 is 0 Å². The van der Waals surface area contributed by atoms with Crippen LogP contribution < -0.4 is 4.74 Å². The zero-order chi connectivity index (χ0) is 24.3. The topological polar surface area (TPSA) is 52.4 Å². The lowest BCUT2D eigenvalue weighted by molar-refractivity contribution is 0.146. The summed E-state index contributed by atoms with van der Waals surface area (Å²) in [6.45, 7) is 4.57. The minimum Gasteiger partial charge on any atom is -0.491 e. The van der Waals surface area contributed by atoms with Crippen molar-refractivity contribution in [3.8, 4) is 22.7 Å². The number of nitrogens with zero attached hydrogens (tertiary/aromatic N) is 4. The average molecular weight is 479 g/mol. The molecule has 3 heterocycles. The van der Waals surface area contributed by atoms with Crippen molar-refractivity contribution < 1.29 is 9.47 Å². The molecule has 0 N–H and O–H groups in total. The Balaban J connectivity index is 1.22. The van der Waals surface area contributed by atoms with Crippen LogP contribution in [0.4, 0.5) is 0 Å². The number of pyridine rings is 1. The van der Waals surface area contributed by atoms with Crippen molar-refractivity contribution in [2.75, 3.05) is 33.4 Å². The Hall–Kier alpha value is -3.74. The summed E-state index contributed by atoms with van der Waals surface area (Å²) in [6, 6.07) is 25.6. The van der Waals surface area contributed by atoms with Crippen LogP contribution in [0.3, 0.4) is 0 Å². The number of hydrogen-bond donors (Lipinski definition) is 0. The van der Waals surface area contributed by atoms with Gasteiger partial charge < -0.3 is 9.47 Å². The Labute approximate surface area is 211 Å². The van der Waals surface area contributed by atoms with Gasteiger partial charge in [0.1, 0.15) is 24.5 Å². The van der Waals surface area contributed by atoms with Gasteiger partial charge >= 0.3 is 0 Å². The lowest BCUT2D eigenvalue weighted by Gasteiger charge is -2.14. The number of fused-ring (bicyclic) bond motifs is 2. The number of methoxy groups -OCH3 is 1. The van der Waals surface area contributed by atoms with Crippen molar-refractivity contribution >= 4 is 21.9 Å². The highest BCUT2D eigenvalue weighted by Gasteiger charge is 2.12. The predicted molar refractivity (Wildman–Crippen MR) is 144 cm³/mol. The van der Waals surface area contributed by atoms with Crippen LogP contribution in [0, 0.1) is 0 Å². The normalized spacial score (nSPS) is 14.1. The van der Waals surface area contributed by atoms with Gasteiger partial charge in [0.25, 0.3) is 0 Å². The molecule has 6 rings (SSSR count). The predicted octanol–water partition coefficient (Wildman–Crippen LogP) is 5.86. The first-order chi connectivity index (χ1) is 17.8. The van der Waals surface area contributed by atoms with Crippen molar-refractivity contribution in [3.05, 3.63) is 84.7 Å². The molecule has 0 bridgehead atoms. The summed E-state index contributed by atoms with van der Waals surface area (Å²) in [4.78, 5) is 12.0. The zero-order valence-corrected chi connectivity index (χ0v) is 20.6. The second kappa shape index (κ2) is 10.1. The molecule has 0 saturated carbocycles. The number of imidazole rings is 1. The van der Waals surface area contributed by atoms with Gasteiger partial charge in [-0.25, -0.2) is 9.97 Å². The molecule has 0 unspecified atom stereocenters. The highest BCUT2D eigenvalue weighted by molar-refractivity contribution is 5.86. The highest BCUT2D eigenvalue weighted by Crippen LogP contribution is 2.27. The van der Waals surface area contributed by atoms with E-state index in [1.54, 1.807) is 7.11 Å². The van der Waals surface area contributed by atoms with Crippen LogP contribution in [0.15, 0.2) is 79.1 Å². The van der Waals surface area contributed by atoms with E-state index in [1.807, 2.05) is 29.1 Å². The van der Waals surface area contributed by atoms with E-state index in [0.717, 1.165) is 40.0 Å². The molecule has 0 aliphatic carbocycles. The summed E-state index contributed by atoms with van der Waals surface area (Å²) in [5, 5.41) is 1.12. The van der Waals surface area contributed by atoms with Crippen LogP contribution in [0.25, 0.3) is 38.9 Å². The Morgan fingerprint density at radius 3 is 2.47 bits per heavy atom. The number of hydrogen-bond acceptors (Lipinski definition) is 5. The fourth-order valence-electron chi connectivity index (χ4n) is 4.94. The minimum absolute atomic E-state index is 0.514. The van der Waals surface area contributed by atoms with Crippen LogP contribution in [0.5, 0.6) is 5.75 Å². The SMILES string of the molecule is COCCOc1ccc2c(c1)ncn2-c1ccc2cc(-c3ccc(CN4CCCC4)cc3)ccc2n1. The molecule has 0 radical (unpaired) electrons. The van der Waals surface area contributed by atoms with E-state index in [4.69, 9.17) is 14.5 Å². The number of benzene rings is 3. The molecule has 0 atom stereocenters. The second-order valence-electron chi connectivity index (χ2n) is 9.36. The van der Waals surface area contributed by atoms with E-state index in [-0.39, 0.29) is 0 Å². The molecule has 1 aliphatic rings. The van der Waals surface area contributed by atoms with Crippen molar-refractivity contribution in [2.45, 2.75) is 19.4 Å². The maximum Gasteiger partial charge on any atom is 0.139 e. The van der Waals surface area contributed by atoms with E-state index in [0.29, 0.717) is 13.2 Å². The molecule has 5 aromatic rings. The summed E-state index contributed by atoms with van der Waals surface area (Å²) >= 11 is 0. The lowest BCUT2D eigenvalue weighted by atomic mass is 10.0. The van der Waals surface area contributed by atoms with Crippen molar-refractivity contribution in [3.63, 3.8) is 0 Å². The summed E-state index contributed by atoms with van der Waals surface area (Å²) in [7, 11) is 1.67. The molecule has 1 fully saturated rings. The molecule has 36 heavy (non-hydrogen) atoms. The first kappa shape index (κ1) is 22.7. The molecule has 1 aliphatic heterocycles. The maximum absolute atomic E-state index is 5.72. The molecule has 6 nitrogen and oxygen atoms in total. The molecule has 0 amide bonds. The van der Waals surface area contributed by atoms with Gasteiger partial charge in [-0.1, -0.05) is 30.3 Å². The monoisotopic (exact) mass is 478 g/mol. The number of ether oxygens (including phenoxy) is 2. The van der Waals surface area contributed by atoms with Gasteiger partial charge in [0.2, 0.25) is 0 Å². The zero-order valence-electron chi connectivity index (χ0n) is 20.6. The lowest BCUT2D eigenvalue weighted by Crippen LogP contribution is -2.18. The van der Waals surface area contributed by atoms with Crippen LogP contribution in [-0.4, -0.2) is 52.8 Å². The van der Waals surface area contributed by atoms with Crippen LogP contribution in [-0.2, 0) is 11.3 Å². The van der Waals surface area contributed by atoms with Gasteiger partial charge in [-0.05, 0) is 79.0 Å². The Kier molecular flexibility index (Phi) is 6.36. The van der Waals surface area contributed by atoms with Crippen molar-refractivity contribution in [2.24, 2.45) is 0 Å². The Bertz CT molecular complexity index is 1490. The third-order valence-corrected chi connectivity index (χ3v) is 6.89. The number of aromatic nitrogens is 3. The van der Waals surface area contributed by atoms with Gasteiger partial charge in [-0.15, -0.1) is 0 Å². The molecule has 1 saturated heterocycles. The maximum atomic E-state index is 5.72. The molecular formula is C30H30N4O2. The minimum atomic E-state index is 0.514. The summed E-state index contributed by atoms with van der Waals surface area (Å²) in [5.74, 6) is 1.63. The summed E-state index contributed by atoms with van der Waals surface area (Å²) in [6.07, 6.45) is 4.47. The Morgan fingerprint density at radius 2 is 1.64 bits per heavy atom. The van der Waals surface area contributed by atoms with Gasteiger partial charge in [0.15, 0.2) is 0 Å². The number of rotatable bonds is 8. The molecule has 2 aromatic heterocycles. The fourth-order valence-corrected chi connectivity index (χ4v) is 4.94. The Morgan fingerprint density at radius 1 is 0.806 bits per heavy atom. The fraction of sp³-hybridized carbons (Fsp3) is 0.267. The van der Waals surface area contributed by atoms with E-state index in [9.17, 15) is 0 Å². The van der Waals surface area contributed by atoms with Crippen molar-refractivity contribution in [1.29, 1.82) is 0 Å². The first-order valence-electron chi connectivity index (χ1n) is 12.6. The van der Waals surface area contributed by atoms with Crippen molar-refractivity contribution in [1.82, 2.24) is 19.4 Å². The molecule has 3 aromatic carbocycles. The van der Waals surface area contributed by atoms with Gasteiger partial charge in [-0.3, -0.25) is 9.47 Å².